The van der Waals surface area contributed by atoms with Crippen molar-refractivity contribution >= 4 is 6.21 Å². The first-order chi connectivity index (χ1) is 15.1. The third kappa shape index (κ3) is 4.80. The van der Waals surface area contributed by atoms with Gasteiger partial charge in [0.2, 0.25) is 0 Å². The van der Waals surface area contributed by atoms with Crippen LogP contribution in [0.15, 0.2) is 77.9 Å². The molecule has 6 heteroatoms. The second-order valence-corrected chi connectivity index (χ2v) is 7.10. The van der Waals surface area contributed by atoms with E-state index in [1.165, 1.54) is 5.56 Å². The Morgan fingerprint density at radius 1 is 0.871 bits per heavy atom. The molecule has 4 rings (SSSR count). The first-order valence-electron chi connectivity index (χ1n) is 10.0. The Labute approximate surface area is 181 Å². The van der Waals surface area contributed by atoms with Crippen molar-refractivity contribution in [3.05, 3.63) is 95.6 Å². The first kappa shape index (κ1) is 20.3. The van der Waals surface area contributed by atoms with Crippen molar-refractivity contribution in [2.24, 2.45) is 5.10 Å². The fourth-order valence-electron chi connectivity index (χ4n) is 3.28. The Hall–Kier alpha value is -3.93. The second kappa shape index (κ2) is 9.26. The number of hydrogen-bond acceptors (Lipinski definition) is 5. The van der Waals surface area contributed by atoms with Gasteiger partial charge in [-0.05, 0) is 60.9 Å². The van der Waals surface area contributed by atoms with Gasteiger partial charge in [-0.25, -0.2) is 4.68 Å². The van der Waals surface area contributed by atoms with Crippen molar-refractivity contribution in [1.82, 2.24) is 14.9 Å². The molecule has 156 valence electrons. The van der Waals surface area contributed by atoms with Gasteiger partial charge in [0.1, 0.15) is 18.1 Å². The van der Waals surface area contributed by atoms with Crippen LogP contribution in [0.5, 0.6) is 11.5 Å². The molecular formula is C25H24N4O2. The van der Waals surface area contributed by atoms with Gasteiger partial charge in [-0.1, -0.05) is 42.5 Å². The largest absolute Gasteiger partial charge is 0.496 e. The predicted octanol–water partition coefficient (Wildman–Crippen LogP) is 5.03. The minimum atomic E-state index is 0.389. The van der Waals surface area contributed by atoms with Crippen LogP contribution in [-0.4, -0.2) is 28.2 Å². The number of benzene rings is 3. The molecule has 6 nitrogen and oxygen atoms in total. The highest BCUT2D eigenvalue weighted by Crippen LogP contribution is 2.25. The quantitative estimate of drug-likeness (QED) is 0.399. The molecule has 0 amide bonds. The molecule has 3 aromatic carbocycles. The number of methoxy groups -OCH3 is 1. The molecule has 0 fully saturated rings. The van der Waals surface area contributed by atoms with Gasteiger partial charge in [-0.3, -0.25) is 0 Å². The summed E-state index contributed by atoms with van der Waals surface area (Å²) >= 11 is 0. The summed E-state index contributed by atoms with van der Waals surface area (Å²) in [5.74, 6) is 3.06. The Kier molecular flexibility index (Phi) is 6.08. The summed E-state index contributed by atoms with van der Waals surface area (Å²) in [6, 6.07) is 24.3. The lowest BCUT2D eigenvalue weighted by atomic mass is 10.1. The highest BCUT2D eigenvalue weighted by molar-refractivity contribution is 5.80. The molecule has 0 saturated carbocycles. The number of hydrogen-bond donors (Lipinski definition) is 0. The van der Waals surface area contributed by atoms with Crippen molar-refractivity contribution in [1.29, 1.82) is 0 Å². The summed E-state index contributed by atoms with van der Waals surface area (Å²) in [4.78, 5) is 0. The van der Waals surface area contributed by atoms with Gasteiger partial charge < -0.3 is 9.47 Å². The first-order valence-corrected chi connectivity index (χ1v) is 10.0. The van der Waals surface area contributed by atoms with E-state index in [1.54, 1.807) is 18.0 Å². The highest BCUT2D eigenvalue weighted by Gasteiger charge is 2.07. The lowest BCUT2D eigenvalue weighted by molar-refractivity contribution is 0.296. The van der Waals surface area contributed by atoms with Gasteiger partial charge in [0.05, 0.1) is 13.3 Å². The molecule has 0 N–H and O–H groups in total. The molecule has 0 aliphatic heterocycles. The van der Waals surface area contributed by atoms with E-state index in [9.17, 15) is 0 Å². The number of aryl methyl sites for hydroxylation is 2. The molecule has 0 aliphatic rings. The van der Waals surface area contributed by atoms with Crippen LogP contribution in [-0.2, 0) is 6.61 Å². The average Bonchev–Trinajstić information content (AvgIpc) is 3.14. The van der Waals surface area contributed by atoms with Crippen molar-refractivity contribution in [3.8, 4) is 22.6 Å². The molecule has 1 aromatic heterocycles. The van der Waals surface area contributed by atoms with Crippen LogP contribution in [0.4, 0.5) is 0 Å². The molecule has 1 heterocycles. The monoisotopic (exact) mass is 412 g/mol. The molecule has 0 aliphatic carbocycles. The van der Waals surface area contributed by atoms with Crippen LogP contribution in [0, 0.1) is 13.8 Å². The third-order valence-electron chi connectivity index (χ3n) is 4.94. The third-order valence-corrected chi connectivity index (χ3v) is 4.94. The summed E-state index contributed by atoms with van der Waals surface area (Å²) in [5, 5.41) is 12.5. The van der Waals surface area contributed by atoms with Crippen LogP contribution in [0.25, 0.3) is 11.1 Å². The molecule has 31 heavy (non-hydrogen) atoms. The Balaban J connectivity index is 1.48. The highest BCUT2D eigenvalue weighted by atomic mass is 16.5. The fourth-order valence-corrected chi connectivity index (χ4v) is 3.28. The van der Waals surface area contributed by atoms with Gasteiger partial charge >= 0.3 is 0 Å². The van der Waals surface area contributed by atoms with Crippen molar-refractivity contribution < 1.29 is 9.47 Å². The minimum absolute atomic E-state index is 0.389. The molecular weight excluding hydrogens is 388 g/mol. The zero-order valence-electron chi connectivity index (χ0n) is 17.8. The molecule has 0 saturated heterocycles. The van der Waals surface area contributed by atoms with Crippen LogP contribution >= 0.6 is 0 Å². The predicted molar refractivity (Wildman–Crippen MR) is 122 cm³/mol. The van der Waals surface area contributed by atoms with Gasteiger partial charge in [0.15, 0.2) is 11.6 Å². The zero-order valence-corrected chi connectivity index (χ0v) is 17.8. The number of nitrogens with zero attached hydrogens (tertiary/aromatic N) is 4. The Morgan fingerprint density at radius 3 is 2.23 bits per heavy atom. The van der Waals surface area contributed by atoms with E-state index in [2.05, 4.69) is 39.6 Å². The van der Waals surface area contributed by atoms with Gasteiger partial charge in [-0.2, -0.15) is 5.10 Å². The Morgan fingerprint density at radius 2 is 1.55 bits per heavy atom. The maximum Gasteiger partial charge on any atom is 0.151 e. The molecule has 0 radical (unpaired) electrons. The van der Waals surface area contributed by atoms with Crippen LogP contribution in [0.3, 0.4) is 0 Å². The number of aromatic nitrogens is 3. The molecule has 0 atom stereocenters. The van der Waals surface area contributed by atoms with Crippen molar-refractivity contribution in [2.75, 3.05) is 7.11 Å². The number of ether oxygens (including phenoxy) is 2. The summed E-state index contributed by atoms with van der Waals surface area (Å²) in [5.41, 5.74) is 4.21. The van der Waals surface area contributed by atoms with Gasteiger partial charge in [0.25, 0.3) is 0 Å². The van der Waals surface area contributed by atoms with Crippen LogP contribution < -0.4 is 9.47 Å². The smallest absolute Gasteiger partial charge is 0.151 e. The van der Waals surface area contributed by atoms with Crippen molar-refractivity contribution in [2.45, 2.75) is 20.5 Å². The average molecular weight is 412 g/mol. The molecule has 4 aromatic rings. The van der Waals surface area contributed by atoms with Crippen molar-refractivity contribution in [3.63, 3.8) is 0 Å². The van der Waals surface area contributed by atoms with E-state index < -0.39 is 0 Å². The summed E-state index contributed by atoms with van der Waals surface area (Å²) in [7, 11) is 1.66. The maximum absolute atomic E-state index is 6.02. The van der Waals surface area contributed by atoms with E-state index >= 15 is 0 Å². The lowest BCUT2D eigenvalue weighted by Crippen LogP contribution is -2.01. The second-order valence-electron chi connectivity index (χ2n) is 7.10. The fraction of sp³-hybridized carbons (Fsp3) is 0.160. The van der Waals surface area contributed by atoms with E-state index in [0.29, 0.717) is 6.61 Å². The molecule has 0 bridgehead atoms. The van der Waals surface area contributed by atoms with Crippen LogP contribution in [0.2, 0.25) is 0 Å². The van der Waals surface area contributed by atoms with E-state index in [4.69, 9.17) is 9.47 Å². The molecule has 0 spiro atoms. The Bertz CT molecular complexity index is 1160. The standard InChI is InChI=1S/C25H24N4O2/c1-18-27-28-19(2)29(18)26-16-20-9-14-25(30-3)23(15-20)17-31-24-12-10-22(11-13-24)21-7-5-4-6-8-21/h4-16H,17H2,1-3H3/b26-16+. The van der Waals surface area contributed by atoms with E-state index in [0.717, 1.165) is 39.8 Å². The van der Waals surface area contributed by atoms with Gasteiger partial charge in [0, 0.05) is 5.56 Å². The summed E-state index contributed by atoms with van der Waals surface area (Å²) in [6.45, 7) is 4.13. The number of rotatable bonds is 7. The zero-order chi connectivity index (χ0) is 21.6. The maximum atomic E-state index is 6.02. The van der Waals surface area contributed by atoms with E-state index in [1.807, 2.05) is 62.4 Å². The summed E-state index contributed by atoms with van der Waals surface area (Å²) in [6.07, 6.45) is 1.78. The SMILES string of the molecule is COc1ccc(/C=N/n2c(C)nnc2C)cc1COc1ccc(-c2ccccc2)cc1. The lowest BCUT2D eigenvalue weighted by Gasteiger charge is -2.12. The minimum Gasteiger partial charge on any atom is -0.496 e. The van der Waals surface area contributed by atoms with Crippen LogP contribution in [0.1, 0.15) is 22.8 Å². The van der Waals surface area contributed by atoms with Gasteiger partial charge in [-0.15, -0.1) is 10.2 Å². The summed E-state index contributed by atoms with van der Waals surface area (Å²) < 4.78 is 13.2. The molecule has 0 unspecified atom stereocenters. The topological polar surface area (TPSA) is 61.5 Å². The van der Waals surface area contributed by atoms with E-state index in [-0.39, 0.29) is 0 Å². The normalized spacial score (nSPS) is 11.1.